The lowest BCUT2D eigenvalue weighted by atomic mass is 9.79. The Kier molecular flexibility index (Phi) is 6.18. The van der Waals surface area contributed by atoms with Gasteiger partial charge in [-0.05, 0) is 78.8 Å². The van der Waals surface area contributed by atoms with Crippen LogP contribution in [0.1, 0.15) is 111 Å². The molecule has 1 fully saturated rings. The first-order valence-corrected chi connectivity index (χ1v) is 15.5. The molecule has 42 heavy (non-hydrogen) atoms. The van der Waals surface area contributed by atoms with Gasteiger partial charge in [-0.25, -0.2) is 9.78 Å². The molecule has 2 aromatic heterocycles. The maximum absolute atomic E-state index is 13.9. The number of aromatic nitrogens is 2. The largest absolute Gasteiger partial charge is 0.458 e. The van der Waals surface area contributed by atoms with Gasteiger partial charge in [0.25, 0.3) is 5.56 Å². The standard InChI is InChI=1S/C34H39N3O5/c1-6-34(41)24-13-27-30-22(14-37(27)32(39)23(24)15-42-33(34)40)29-25(36-31(38)17(4)11-19-7-8-19)10-9-20-18(5)21(16(2)3)12-26(35-30)28(20)29/h12-13,16-17,19,25,41H,6-11,14-15H2,1-5H3,(H,36,38)/t17?,25?,34-/m0/s1. The molecule has 2 unspecified atom stereocenters. The quantitative estimate of drug-likeness (QED) is 0.315. The van der Waals surface area contributed by atoms with Crippen molar-refractivity contribution in [3.63, 3.8) is 0 Å². The Balaban J connectivity index is 1.44. The van der Waals surface area contributed by atoms with Crippen LogP contribution in [0.5, 0.6) is 0 Å². The van der Waals surface area contributed by atoms with Crippen LogP contribution >= 0.6 is 0 Å². The van der Waals surface area contributed by atoms with Crippen molar-refractivity contribution >= 4 is 22.8 Å². The average molecular weight is 570 g/mol. The number of rotatable bonds is 6. The van der Waals surface area contributed by atoms with Crippen LogP contribution in [0, 0.1) is 18.8 Å². The molecular weight excluding hydrogens is 530 g/mol. The molecule has 4 heterocycles. The van der Waals surface area contributed by atoms with Crippen LogP contribution in [0.25, 0.3) is 22.3 Å². The Morgan fingerprint density at radius 2 is 1.93 bits per heavy atom. The number of nitrogens with zero attached hydrogens (tertiary/aromatic N) is 2. The maximum atomic E-state index is 13.9. The molecule has 0 saturated heterocycles. The second-order valence-electron chi connectivity index (χ2n) is 13.3. The molecule has 2 aliphatic carbocycles. The number of cyclic esters (lactones) is 1. The van der Waals surface area contributed by atoms with Crippen LogP contribution < -0.4 is 10.9 Å². The molecule has 1 amide bonds. The Morgan fingerprint density at radius 1 is 1.17 bits per heavy atom. The van der Waals surface area contributed by atoms with Crippen LogP contribution in [0.15, 0.2) is 16.9 Å². The van der Waals surface area contributed by atoms with Crippen molar-refractivity contribution in [2.45, 2.75) is 104 Å². The molecule has 3 aromatic rings. The normalized spacial score (nSPS) is 22.9. The summed E-state index contributed by atoms with van der Waals surface area (Å²) in [6.07, 6.45) is 5.07. The first-order chi connectivity index (χ1) is 20.0. The van der Waals surface area contributed by atoms with Gasteiger partial charge in [-0.3, -0.25) is 9.59 Å². The topological polar surface area (TPSA) is 111 Å². The molecule has 2 aliphatic heterocycles. The van der Waals surface area contributed by atoms with Gasteiger partial charge in [-0.2, -0.15) is 0 Å². The summed E-state index contributed by atoms with van der Waals surface area (Å²) in [6, 6.07) is 3.75. The summed E-state index contributed by atoms with van der Waals surface area (Å²) in [5.41, 5.74) is 6.42. The number of carbonyl (C=O) groups is 2. The van der Waals surface area contributed by atoms with Crippen LogP contribution in [-0.2, 0) is 39.5 Å². The summed E-state index contributed by atoms with van der Waals surface area (Å²) in [7, 11) is 0. The van der Waals surface area contributed by atoms with E-state index in [-0.39, 0.29) is 36.5 Å². The van der Waals surface area contributed by atoms with Gasteiger partial charge in [0.1, 0.15) is 6.61 Å². The fourth-order valence-corrected chi connectivity index (χ4v) is 7.63. The van der Waals surface area contributed by atoms with E-state index < -0.39 is 11.6 Å². The third-order valence-electron chi connectivity index (χ3n) is 10.3. The Morgan fingerprint density at radius 3 is 2.62 bits per heavy atom. The molecule has 8 nitrogen and oxygen atoms in total. The van der Waals surface area contributed by atoms with Crippen LogP contribution in [-0.4, -0.2) is 26.5 Å². The summed E-state index contributed by atoms with van der Waals surface area (Å²) in [6.45, 7) is 10.5. The van der Waals surface area contributed by atoms with Gasteiger partial charge >= 0.3 is 5.97 Å². The number of aliphatic hydroxyl groups is 1. The summed E-state index contributed by atoms with van der Waals surface area (Å²) in [5.74, 6) is 0.280. The van der Waals surface area contributed by atoms with Gasteiger partial charge in [0.15, 0.2) is 5.60 Å². The number of nitrogens with one attached hydrogen (secondary N) is 1. The zero-order chi connectivity index (χ0) is 29.7. The molecule has 2 N–H and O–H groups in total. The molecular formula is C34H39N3O5. The van der Waals surface area contributed by atoms with E-state index in [1.165, 1.54) is 29.5 Å². The van der Waals surface area contributed by atoms with E-state index in [1.807, 2.05) is 6.92 Å². The van der Waals surface area contributed by atoms with Crippen molar-refractivity contribution in [1.29, 1.82) is 0 Å². The Labute approximate surface area is 245 Å². The van der Waals surface area contributed by atoms with Gasteiger partial charge < -0.3 is 19.7 Å². The minimum absolute atomic E-state index is 0.0508. The smallest absolute Gasteiger partial charge is 0.343 e. The Bertz CT molecular complexity index is 1750. The van der Waals surface area contributed by atoms with E-state index in [0.29, 0.717) is 40.9 Å². The van der Waals surface area contributed by atoms with Gasteiger partial charge in [-0.1, -0.05) is 40.5 Å². The summed E-state index contributed by atoms with van der Waals surface area (Å²) in [4.78, 5) is 45.2. The second kappa shape index (κ2) is 9.49. The predicted octanol–water partition coefficient (Wildman–Crippen LogP) is 5.05. The number of carbonyl (C=O) groups excluding carboxylic acids is 2. The molecule has 220 valence electrons. The van der Waals surface area contributed by atoms with Crippen molar-refractivity contribution < 1.29 is 19.4 Å². The average Bonchev–Trinajstić information content (AvgIpc) is 3.71. The van der Waals surface area contributed by atoms with E-state index in [1.54, 1.807) is 17.6 Å². The number of amides is 1. The molecule has 0 radical (unpaired) electrons. The lowest BCUT2D eigenvalue weighted by molar-refractivity contribution is -0.172. The SMILES string of the molecule is CC[C@@]1(O)C(=O)OCc2c1cc1n(c2=O)Cc2c-1nc1cc(C(C)C)c(C)c3c1c2C(NC(=O)C(C)CC1CC1)CC3. The fraction of sp³-hybridized carbons (Fsp3) is 0.529. The monoisotopic (exact) mass is 569 g/mol. The molecule has 7 rings (SSSR count). The lowest BCUT2D eigenvalue weighted by Crippen LogP contribution is -2.44. The number of hydrogen-bond acceptors (Lipinski definition) is 6. The molecule has 4 aliphatic rings. The van der Waals surface area contributed by atoms with E-state index in [4.69, 9.17) is 9.72 Å². The minimum Gasteiger partial charge on any atom is -0.458 e. The van der Waals surface area contributed by atoms with E-state index >= 15 is 0 Å². The second-order valence-corrected chi connectivity index (χ2v) is 13.3. The first-order valence-electron chi connectivity index (χ1n) is 15.5. The fourth-order valence-electron chi connectivity index (χ4n) is 7.63. The number of aryl methyl sites for hydroxylation is 1. The zero-order valence-corrected chi connectivity index (χ0v) is 25.1. The number of hydrogen-bond donors (Lipinski definition) is 2. The van der Waals surface area contributed by atoms with Crippen molar-refractivity contribution in [2.24, 2.45) is 11.8 Å². The predicted molar refractivity (Wildman–Crippen MR) is 159 cm³/mol. The number of fused-ring (bicyclic) bond motifs is 5. The van der Waals surface area contributed by atoms with Crippen molar-refractivity contribution in [1.82, 2.24) is 14.9 Å². The van der Waals surface area contributed by atoms with Crippen LogP contribution in [0.3, 0.4) is 0 Å². The third kappa shape index (κ3) is 3.90. The number of benzene rings is 1. The zero-order valence-electron chi connectivity index (χ0n) is 25.1. The van der Waals surface area contributed by atoms with Gasteiger partial charge in [0.05, 0.1) is 35.1 Å². The van der Waals surface area contributed by atoms with Gasteiger partial charge in [0.2, 0.25) is 5.91 Å². The summed E-state index contributed by atoms with van der Waals surface area (Å²) >= 11 is 0. The number of pyridine rings is 2. The highest BCUT2D eigenvalue weighted by atomic mass is 16.6. The maximum Gasteiger partial charge on any atom is 0.343 e. The molecule has 0 bridgehead atoms. The van der Waals surface area contributed by atoms with Gasteiger partial charge in [0, 0.05) is 22.4 Å². The van der Waals surface area contributed by atoms with Crippen LogP contribution in [0.2, 0.25) is 0 Å². The third-order valence-corrected chi connectivity index (χ3v) is 10.3. The molecule has 3 atom stereocenters. The van der Waals surface area contributed by atoms with Crippen LogP contribution in [0.4, 0.5) is 0 Å². The van der Waals surface area contributed by atoms with Crippen molar-refractivity contribution in [3.05, 3.63) is 61.4 Å². The highest BCUT2D eigenvalue weighted by Crippen LogP contribution is 2.47. The van der Waals surface area contributed by atoms with E-state index in [2.05, 4.69) is 32.2 Å². The molecule has 1 aromatic carbocycles. The van der Waals surface area contributed by atoms with Crippen molar-refractivity contribution in [3.8, 4) is 11.4 Å². The lowest BCUT2D eigenvalue weighted by Gasteiger charge is -2.31. The highest BCUT2D eigenvalue weighted by molar-refractivity contribution is 5.94. The highest BCUT2D eigenvalue weighted by Gasteiger charge is 2.46. The van der Waals surface area contributed by atoms with E-state index in [9.17, 15) is 19.5 Å². The first kappa shape index (κ1) is 27.3. The van der Waals surface area contributed by atoms with E-state index in [0.717, 1.165) is 41.3 Å². The summed E-state index contributed by atoms with van der Waals surface area (Å²) in [5, 5.41) is 15.8. The molecule has 1 saturated carbocycles. The molecule has 0 spiro atoms. The summed E-state index contributed by atoms with van der Waals surface area (Å²) < 4.78 is 6.95. The minimum atomic E-state index is -1.88. The number of esters is 1. The number of ether oxygens (including phenoxy) is 1. The molecule has 8 heteroatoms. The van der Waals surface area contributed by atoms with Crippen molar-refractivity contribution in [2.75, 3.05) is 0 Å². The Hall–Kier alpha value is -3.52. The van der Waals surface area contributed by atoms with Gasteiger partial charge in [-0.15, -0.1) is 0 Å².